The van der Waals surface area contributed by atoms with Crippen LogP contribution in [0.2, 0.25) is 0 Å². The quantitative estimate of drug-likeness (QED) is 0.819. The Morgan fingerprint density at radius 2 is 2.09 bits per heavy atom. The average molecular weight is 320 g/mol. The zero-order valence-corrected chi connectivity index (χ0v) is 13.5. The summed E-state index contributed by atoms with van der Waals surface area (Å²) < 4.78 is 7.58. The summed E-state index contributed by atoms with van der Waals surface area (Å²) in [5, 5.41) is 11.5. The van der Waals surface area contributed by atoms with Crippen molar-refractivity contribution in [2.24, 2.45) is 12.8 Å². The summed E-state index contributed by atoms with van der Waals surface area (Å²) in [7, 11) is 2.04. The van der Waals surface area contributed by atoms with E-state index in [4.69, 9.17) is 10.5 Å². The Morgan fingerprint density at radius 1 is 1.35 bits per heavy atom. The molecular formula is C15H24N6O2. The monoisotopic (exact) mass is 320 g/mol. The van der Waals surface area contributed by atoms with Gasteiger partial charge in [0.05, 0.1) is 13.1 Å². The predicted molar refractivity (Wildman–Crippen MR) is 82.7 cm³/mol. The van der Waals surface area contributed by atoms with Crippen LogP contribution in [0, 0.1) is 0 Å². The number of alkyl carbamates (subject to hydrolysis) is 1. The van der Waals surface area contributed by atoms with Crippen molar-refractivity contribution in [3.8, 4) is 0 Å². The fraction of sp³-hybridized carbons (Fsp3) is 0.800. The Hall–Kier alpha value is -1.67. The molecule has 2 saturated heterocycles. The first-order valence-electron chi connectivity index (χ1n) is 8.38. The number of carbonyl (C=O) groups excluding carboxylic acids is 1. The molecule has 4 rings (SSSR count). The Labute approximate surface area is 135 Å². The lowest BCUT2D eigenvalue weighted by Crippen LogP contribution is -2.46. The van der Waals surface area contributed by atoms with Gasteiger partial charge in [0.1, 0.15) is 17.2 Å². The van der Waals surface area contributed by atoms with Crippen LogP contribution in [0.5, 0.6) is 0 Å². The summed E-state index contributed by atoms with van der Waals surface area (Å²) in [6.07, 6.45) is 3.48. The second-order valence-electron chi connectivity index (χ2n) is 7.16. The number of likely N-dealkylation sites (tertiary alicyclic amines) is 1. The highest BCUT2D eigenvalue weighted by Gasteiger charge is 2.43. The number of hydrogen-bond acceptors (Lipinski definition) is 6. The third kappa shape index (κ3) is 2.70. The molecule has 0 unspecified atom stereocenters. The Balaban J connectivity index is 1.35. The van der Waals surface area contributed by atoms with Crippen LogP contribution < -0.4 is 11.1 Å². The average Bonchev–Trinajstić information content (AvgIpc) is 3.03. The summed E-state index contributed by atoms with van der Waals surface area (Å²) in [5.41, 5.74) is 5.58. The molecule has 3 aliphatic rings. The van der Waals surface area contributed by atoms with Gasteiger partial charge < -0.3 is 20.4 Å². The molecule has 3 fully saturated rings. The summed E-state index contributed by atoms with van der Waals surface area (Å²) in [5.74, 6) is 2.52. The third-order valence-corrected chi connectivity index (χ3v) is 5.53. The number of amides is 1. The molecular weight excluding hydrogens is 296 g/mol. The molecule has 0 atom stereocenters. The molecule has 0 aromatic carbocycles. The van der Waals surface area contributed by atoms with E-state index in [1.807, 2.05) is 7.05 Å². The predicted octanol–water partition coefficient (Wildman–Crippen LogP) is 0.0942. The number of hydrogen-bond donors (Lipinski definition) is 2. The van der Waals surface area contributed by atoms with Crippen LogP contribution in [0.1, 0.15) is 43.3 Å². The normalized spacial score (nSPS) is 30.1. The maximum Gasteiger partial charge on any atom is 0.407 e. The van der Waals surface area contributed by atoms with E-state index in [0.29, 0.717) is 18.5 Å². The van der Waals surface area contributed by atoms with E-state index in [9.17, 15) is 4.79 Å². The van der Waals surface area contributed by atoms with Crippen LogP contribution in [0.25, 0.3) is 0 Å². The molecule has 2 aliphatic heterocycles. The van der Waals surface area contributed by atoms with Crippen molar-refractivity contribution in [1.29, 1.82) is 0 Å². The summed E-state index contributed by atoms with van der Waals surface area (Å²) in [6, 6.07) is 0.321. The number of piperidine rings is 1. The molecule has 1 aromatic rings. The van der Waals surface area contributed by atoms with Crippen LogP contribution in [0.4, 0.5) is 4.79 Å². The lowest BCUT2D eigenvalue weighted by Gasteiger charge is -2.36. The molecule has 3 heterocycles. The highest BCUT2D eigenvalue weighted by atomic mass is 16.6. The number of ether oxygens (including phenoxy) is 1. The molecule has 1 saturated carbocycles. The van der Waals surface area contributed by atoms with Gasteiger partial charge in [0.2, 0.25) is 0 Å². The number of aromatic nitrogens is 3. The molecule has 8 heteroatoms. The van der Waals surface area contributed by atoms with Crippen molar-refractivity contribution in [3.05, 3.63) is 11.6 Å². The molecule has 0 radical (unpaired) electrons. The first-order valence-corrected chi connectivity index (χ1v) is 8.38. The van der Waals surface area contributed by atoms with E-state index in [2.05, 4.69) is 25.0 Å². The van der Waals surface area contributed by atoms with Gasteiger partial charge >= 0.3 is 6.09 Å². The largest absolute Gasteiger partial charge is 0.441 e. The minimum atomic E-state index is -0.291. The third-order valence-electron chi connectivity index (χ3n) is 5.53. The van der Waals surface area contributed by atoms with Crippen molar-refractivity contribution in [1.82, 2.24) is 25.0 Å². The van der Waals surface area contributed by atoms with E-state index in [0.717, 1.165) is 57.0 Å². The first kappa shape index (κ1) is 14.9. The van der Waals surface area contributed by atoms with Gasteiger partial charge in [-0.05, 0) is 12.8 Å². The van der Waals surface area contributed by atoms with E-state index < -0.39 is 0 Å². The van der Waals surface area contributed by atoms with Gasteiger partial charge in [0.25, 0.3) is 0 Å². The minimum Gasteiger partial charge on any atom is -0.441 e. The summed E-state index contributed by atoms with van der Waals surface area (Å²) in [4.78, 5) is 13.6. The van der Waals surface area contributed by atoms with E-state index in [1.54, 1.807) is 0 Å². The number of rotatable bonds is 3. The van der Waals surface area contributed by atoms with Gasteiger partial charge in [-0.1, -0.05) is 0 Å². The maximum atomic E-state index is 11.3. The molecule has 1 amide bonds. The fourth-order valence-electron chi connectivity index (χ4n) is 3.84. The Kier molecular flexibility index (Phi) is 3.53. The number of nitrogens with zero attached hydrogens (tertiary/aromatic N) is 4. The van der Waals surface area contributed by atoms with Crippen LogP contribution in [0.3, 0.4) is 0 Å². The molecule has 1 spiro atoms. The van der Waals surface area contributed by atoms with Gasteiger partial charge in [-0.2, -0.15) is 0 Å². The van der Waals surface area contributed by atoms with E-state index in [1.165, 1.54) is 0 Å². The van der Waals surface area contributed by atoms with Gasteiger partial charge in [-0.3, -0.25) is 4.90 Å². The van der Waals surface area contributed by atoms with Gasteiger partial charge in [0, 0.05) is 44.9 Å². The van der Waals surface area contributed by atoms with Crippen molar-refractivity contribution < 1.29 is 9.53 Å². The van der Waals surface area contributed by atoms with Gasteiger partial charge in [-0.25, -0.2) is 4.79 Å². The molecule has 1 aromatic heterocycles. The fourth-order valence-corrected chi connectivity index (χ4v) is 3.84. The second-order valence-corrected chi connectivity index (χ2v) is 7.16. The topological polar surface area (TPSA) is 98.3 Å². The Bertz CT molecular complexity index is 601. The molecule has 1 aliphatic carbocycles. The summed E-state index contributed by atoms with van der Waals surface area (Å²) in [6.45, 7) is 3.24. The molecule has 23 heavy (non-hydrogen) atoms. The molecule has 8 nitrogen and oxygen atoms in total. The number of nitrogens with two attached hydrogens (primary N) is 1. The lowest BCUT2D eigenvalue weighted by molar-refractivity contribution is -0.00176. The first-order chi connectivity index (χ1) is 11.0. The molecule has 0 bridgehead atoms. The minimum absolute atomic E-state index is 0.282. The van der Waals surface area contributed by atoms with Crippen LogP contribution in [-0.4, -0.2) is 57.0 Å². The Morgan fingerprint density at radius 3 is 2.70 bits per heavy atom. The number of carbonyl (C=O) groups is 1. The highest BCUT2D eigenvalue weighted by Crippen LogP contribution is 2.35. The van der Waals surface area contributed by atoms with Crippen LogP contribution in [0.15, 0.2) is 0 Å². The van der Waals surface area contributed by atoms with Gasteiger partial charge in [-0.15, -0.1) is 10.2 Å². The standard InChI is InChI=1S/C15H24N6O2/c1-20-12(18-19-13(20)10-6-11(16)7-10)8-21-4-2-15(3-5-21)9-17-14(22)23-15/h10-11H,2-9,16H2,1H3,(H,17,22). The van der Waals surface area contributed by atoms with Gasteiger partial charge in [0.15, 0.2) is 0 Å². The number of nitrogens with one attached hydrogen (secondary N) is 1. The zero-order valence-electron chi connectivity index (χ0n) is 13.5. The van der Waals surface area contributed by atoms with Crippen molar-refractivity contribution in [3.63, 3.8) is 0 Å². The van der Waals surface area contributed by atoms with E-state index >= 15 is 0 Å². The van der Waals surface area contributed by atoms with Crippen LogP contribution >= 0.6 is 0 Å². The van der Waals surface area contributed by atoms with Crippen molar-refractivity contribution >= 4 is 6.09 Å². The highest BCUT2D eigenvalue weighted by molar-refractivity contribution is 5.70. The van der Waals surface area contributed by atoms with Crippen LogP contribution in [-0.2, 0) is 18.3 Å². The molecule has 3 N–H and O–H groups in total. The summed E-state index contributed by atoms with van der Waals surface area (Å²) >= 11 is 0. The molecule has 126 valence electrons. The maximum absolute atomic E-state index is 11.3. The SMILES string of the molecule is Cn1c(CN2CCC3(CC2)CNC(=O)O3)nnc1C1CC(N)C1. The zero-order chi connectivity index (χ0) is 16.0. The van der Waals surface area contributed by atoms with E-state index in [-0.39, 0.29) is 11.7 Å². The smallest absolute Gasteiger partial charge is 0.407 e. The van der Waals surface area contributed by atoms with Crippen molar-refractivity contribution in [2.75, 3.05) is 19.6 Å². The lowest BCUT2D eigenvalue weighted by atomic mass is 9.80. The van der Waals surface area contributed by atoms with Crippen molar-refractivity contribution in [2.45, 2.75) is 49.8 Å². The second kappa shape index (κ2) is 5.45.